The molecule has 0 unspecified atom stereocenters. The van der Waals surface area contributed by atoms with Gasteiger partial charge in [-0.15, -0.1) is 0 Å². The highest BCUT2D eigenvalue weighted by atomic mass is 16.3. The van der Waals surface area contributed by atoms with Gasteiger partial charge in [-0.2, -0.15) is 5.10 Å². The molecule has 0 bridgehead atoms. The van der Waals surface area contributed by atoms with Crippen LogP contribution in [0.3, 0.4) is 0 Å². The molecule has 2 aromatic heterocycles. The SMILES string of the molecule is Nc1nnnn1CC(=O)N/N=C/c1ccco1. The molecule has 0 aromatic carbocycles. The minimum absolute atomic E-state index is 0.0650. The Hall–Kier alpha value is -2.71. The van der Waals surface area contributed by atoms with Gasteiger partial charge in [-0.3, -0.25) is 4.79 Å². The molecule has 0 fully saturated rings. The zero-order chi connectivity index (χ0) is 12.1. The number of tetrazole rings is 1. The predicted octanol–water partition coefficient (Wildman–Crippen LogP) is -1.00. The van der Waals surface area contributed by atoms with Gasteiger partial charge >= 0.3 is 0 Å². The summed E-state index contributed by atoms with van der Waals surface area (Å²) in [6.07, 6.45) is 2.88. The normalized spacial score (nSPS) is 10.8. The number of aromatic nitrogens is 4. The average molecular weight is 235 g/mol. The molecular formula is C8H9N7O2. The number of carbonyl (C=O) groups excluding carboxylic acids is 1. The fraction of sp³-hybridized carbons (Fsp3) is 0.125. The van der Waals surface area contributed by atoms with Crippen LogP contribution in [0, 0.1) is 0 Å². The summed E-state index contributed by atoms with van der Waals surface area (Å²) in [5, 5.41) is 13.9. The number of furan rings is 1. The Kier molecular flexibility index (Phi) is 3.10. The maximum Gasteiger partial charge on any atom is 0.261 e. The Morgan fingerprint density at radius 1 is 1.71 bits per heavy atom. The van der Waals surface area contributed by atoms with Crippen molar-refractivity contribution in [3.05, 3.63) is 24.2 Å². The number of amides is 1. The molecule has 17 heavy (non-hydrogen) atoms. The van der Waals surface area contributed by atoms with Crippen LogP contribution in [0.15, 0.2) is 27.9 Å². The Balaban J connectivity index is 1.84. The molecule has 2 heterocycles. The third-order valence-corrected chi connectivity index (χ3v) is 1.78. The van der Waals surface area contributed by atoms with Crippen molar-refractivity contribution in [2.75, 3.05) is 5.73 Å². The molecule has 9 heteroatoms. The van der Waals surface area contributed by atoms with Crippen molar-refractivity contribution in [1.29, 1.82) is 0 Å². The third kappa shape index (κ3) is 2.87. The van der Waals surface area contributed by atoms with Crippen molar-refractivity contribution in [2.45, 2.75) is 6.54 Å². The first-order chi connectivity index (χ1) is 8.25. The lowest BCUT2D eigenvalue weighted by Crippen LogP contribution is -2.24. The lowest BCUT2D eigenvalue weighted by molar-refractivity contribution is -0.121. The monoisotopic (exact) mass is 235 g/mol. The Morgan fingerprint density at radius 3 is 3.24 bits per heavy atom. The number of hydrogen-bond acceptors (Lipinski definition) is 7. The number of hydrazone groups is 1. The maximum atomic E-state index is 11.4. The number of nitrogens with one attached hydrogen (secondary N) is 1. The first-order valence-corrected chi connectivity index (χ1v) is 4.63. The van der Waals surface area contributed by atoms with Crippen LogP contribution in [0.25, 0.3) is 0 Å². The van der Waals surface area contributed by atoms with E-state index in [2.05, 4.69) is 26.1 Å². The van der Waals surface area contributed by atoms with Crippen LogP contribution in [-0.2, 0) is 11.3 Å². The van der Waals surface area contributed by atoms with Gasteiger partial charge in [0.2, 0.25) is 5.95 Å². The Morgan fingerprint density at radius 2 is 2.59 bits per heavy atom. The number of nitrogens with zero attached hydrogens (tertiary/aromatic N) is 5. The van der Waals surface area contributed by atoms with E-state index < -0.39 is 5.91 Å². The number of rotatable bonds is 4. The topological polar surface area (TPSA) is 124 Å². The van der Waals surface area contributed by atoms with E-state index >= 15 is 0 Å². The van der Waals surface area contributed by atoms with Gasteiger partial charge in [0.1, 0.15) is 12.3 Å². The van der Waals surface area contributed by atoms with Crippen LogP contribution in [0.5, 0.6) is 0 Å². The minimum atomic E-state index is -0.396. The van der Waals surface area contributed by atoms with E-state index in [0.29, 0.717) is 5.76 Å². The molecule has 0 saturated heterocycles. The summed E-state index contributed by atoms with van der Waals surface area (Å²) in [4.78, 5) is 11.4. The lowest BCUT2D eigenvalue weighted by atomic mass is 10.5. The van der Waals surface area contributed by atoms with Gasteiger partial charge in [-0.25, -0.2) is 10.1 Å². The molecule has 0 radical (unpaired) electrons. The van der Waals surface area contributed by atoms with Crippen molar-refractivity contribution >= 4 is 18.1 Å². The summed E-state index contributed by atoms with van der Waals surface area (Å²) in [6, 6.07) is 3.42. The maximum absolute atomic E-state index is 11.4. The standard InChI is InChI=1S/C8H9N7O2/c9-8-12-13-14-15(8)5-7(16)11-10-4-6-2-1-3-17-6/h1-4H,5H2,(H,11,16)(H2,9,12,14)/b10-4+. The van der Waals surface area contributed by atoms with E-state index in [9.17, 15) is 4.79 Å². The van der Waals surface area contributed by atoms with Gasteiger partial charge in [0.25, 0.3) is 5.91 Å². The summed E-state index contributed by atoms with van der Waals surface area (Å²) in [6.45, 7) is -0.103. The molecule has 1 amide bonds. The zero-order valence-electron chi connectivity index (χ0n) is 8.65. The third-order valence-electron chi connectivity index (χ3n) is 1.78. The highest BCUT2D eigenvalue weighted by Crippen LogP contribution is 1.94. The van der Waals surface area contributed by atoms with E-state index in [-0.39, 0.29) is 12.5 Å². The second-order valence-corrected chi connectivity index (χ2v) is 3.00. The largest absolute Gasteiger partial charge is 0.463 e. The Labute approximate surface area is 95.3 Å². The van der Waals surface area contributed by atoms with E-state index in [1.807, 2.05) is 0 Å². The van der Waals surface area contributed by atoms with Crippen LogP contribution in [0.2, 0.25) is 0 Å². The number of anilines is 1. The molecule has 3 N–H and O–H groups in total. The molecule has 0 aliphatic carbocycles. The molecule has 0 spiro atoms. The predicted molar refractivity (Wildman–Crippen MR) is 56.7 cm³/mol. The van der Waals surface area contributed by atoms with Crippen LogP contribution in [-0.4, -0.2) is 32.3 Å². The van der Waals surface area contributed by atoms with E-state index in [4.69, 9.17) is 10.2 Å². The molecule has 0 aliphatic heterocycles. The smallest absolute Gasteiger partial charge is 0.261 e. The van der Waals surface area contributed by atoms with Crippen molar-refractivity contribution in [3.63, 3.8) is 0 Å². The summed E-state index contributed by atoms with van der Waals surface area (Å²) >= 11 is 0. The van der Waals surface area contributed by atoms with Crippen molar-refractivity contribution in [2.24, 2.45) is 5.10 Å². The van der Waals surface area contributed by atoms with Crippen LogP contribution >= 0.6 is 0 Å². The summed E-state index contributed by atoms with van der Waals surface area (Å²) in [5.41, 5.74) is 7.67. The average Bonchev–Trinajstić information content (AvgIpc) is 2.92. The molecule has 2 aromatic rings. The minimum Gasteiger partial charge on any atom is -0.463 e. The Bertz CT molecular complexity index is 516. The number of hydrogen-bond donors (Lipinski definition) is 2. The van der Waals surface area contributed by atoms with Gasteiger partial charge in [0.05, 0.1) is 12.5 Å². The van der Waals surface area contributed by atoms with Crippen LogP contribution in [0.4, 0.5) is 5.95 Å². The van der Waals surface area contributed by atoms with Crippen molar-refractivity contribution in [3.8, 4) is 0 Å². The van der Waals surface area contributed by atoms with E-state index in [0.717, 1.165) is 4.68 Å². The second kappa shape index (κ2) is 4.88. The van der Waals surface area contributed by atoms with Crippen molar-refractivity contribution in [1.82, 2.24) is 25.6 Å². The van der Waals surface area contributed by atoms with Crippen LogP contribution < -0.4 is 11.2 Å². The lowest BCUT2D eigenvalue weighted by Gasteiger charge is -1.99. The summed E-state index contributed by atoms with van der Waals surface area (Å²) in [5.74, 6) is 0.203. The van der Waals surface area contributed by atoms with Gasteiger partial charge < -0.3 is 10.2 Å². The fourth-order valence-corrected chi connectivity index (χ4v) is 1.03. The highest BCUT2D eigenvalue weighted by Gasteiger charge is 2.06. The first kappa shape index (κ1) is 10.8. The van der Waals surface area contributed by atoms with E-state index in [1.165, 1.54) is 12.5 Å². The van der Waals surface area contributed by atoms with Gasteiger partial charge in [0.15, 0.2) is 0 Å². The second-order valence-electron chi connectivity index (χ2n) is 3.00. The zero-order valence-corrected chi connectivity index (χ0v) is 8.65. The summed E-state index contributed by atoms with van der Waals surface area (Å²) in [7, 11) is 0. The summed E-state index contributed by atoms with van der Waals surface area (Å²) < 4.78 is 6.13. The number of nitrogens with two attached hydrogens (primary N) is 1. The molecule has 0 aliphatic rings. The molecule has 0 atom stereocenters. The van der Waals surface area contributed by atoms with Gasteiger partial charge in [-0.05, 0) is 22.6 Å². The molecule has 0 saturated carbocycles. The van der Waals surface area contributed by atoms with Crippen LogP contribution in [0.1, 0.15) is 5.76 Å². The number of carbonyl (C=O) groups is 1. The van der Waals surface area contributed by atoms with Crippen molar-refractivity contribution < 1.29 is 9.21 Å². The highest BCUT2D eigenvalue weighted by molar-refractivity contribution is 5.80. The molecule has 88 valence electrons. The van der Waals surface area contributed by atoms with Gasteiger partial charge in [0, 0.05) is 0 Å². The number of nitrogen functional groups attached to an aromatic ring is 1. The quantitative estimate of drug-likeness (QED) is 0.517. The molecule has 2 rings (SSSR count). The van der Waals surface area contributed by atoms with E-state index in [1.54, 1.807) is 12.1 Å². The first-order valence-electron chi connectivity index (χ1n) is 4.63. The fourth-order valence-electron chi connectivity index (χ4n) is 1.03. The molecule has 9 nitrogen and oxygen atoms in total. The molecular weight excluding hydrogens is 226 g/mol. The van der Waals surface area contributed by atoms with Gasteiger partial charge in [-0.1, -0.05) is 5.10 Å².